The van der Waals surface area contributed by atoms with Gasteiger partial charge in [0, 0.05) is 0 Å². The van der Waals surface area contributed by atoms with Crippen molar-refractivity contribution in [2.75, 3.05) is 6.61 Å². The smallest absolute Gasteiger partial charge is 0.190 e. The van der Waals surface area contributed by atoms with Crippen LogP contribution in [-0.4, -0.2) is 26.5 Å². The Hall–Kier alpha value is -2.63. The number of para-hydroxylation sites is 2. The molecule has 1 aliphatic rings. The van der Waals surface area contributed by atoms with Crippen LogP contribution in [0.4, 0.5) is 0 Å². The fourth-order valence-corrected chi connectivity index (χ4v) is 2.09. The molecule has 1 aliphatic heterocycles. The van der Waals surface area contributed by atoms with Gasteiger partial charge >= 0.3 is 0 Å². The lowest BCUT2D eigenvalue weighted by Gasteiger charge is -2.24. The fraction of sp³-hybridized carbons (Fsp3) is 0.154. The number of imidazole rings is 1. The van der Waals surface area contributed by atoms with Crippen molar-refractivity contribution in [3.05, 3.63) is 42.6 Å². The van der Waals surface area contributed by atoms with E-state index in [-0.39, 0.29) is 6.10 Å². The molecule has 1 aromatic carbocycles. The molecule has 0 saturated carbocycles. The van der Waals surface area contributed by atoms with Gasteiger partial charge in [-0.1, -0.05) is 12.1 Å². The van der Waals surface area contributed by atoms with Crippen LogP contribution in [0.25, 0.3) is 11.2 Å². The number of H-pyrrole nitrogens is 1. The van der Waals surface area contributed by atoms with E-state index in [1.165, 1.54) is 6.33 Å². The molecule has 1 N–H and O–H groups in total. The van der Waals surface area contributed by atoms with Crippen molar-refractivity contribution in [2.24, 2.45) is 0 Å². The predicted octanol–water partition coefficient (Wildman–Crippen LogP) is 1.87. The highest BCUT2D eigenvalue weighted by Crippen LogP contribution is 2.35. The van der Waals surface area contributed by atoms with Gasteiger partial charge in [-0.15, -0.1) is 0 Å². The van der Waals surface area contributed by atoms with Gasteiger partial charge in [-0.25, -0.2) is 15.0 Å². The second kappa shape index (κ2) is 3.94. The Morgan fingerprint density at radius 1 is 1.21 bits per heavy atom. The van der Waals surface area contributed by atoms with Crippen LogP contribution in [0.1, 0.15) is 11.9 Å². The summed E-state index contributed by atoms with van der Waals surface area (Å²) in [4.78, 5) is 15.6. The van der Waals surface area contributed by atoms with Crippen molar-refractivity contribution in [3.63, 3.8) is 0 Å². The van der Waals surface area contributed by atoms with Gasteiger partial charge in [-0.05, 0) is 12.1 Å². The number of aromatic nitrogens is 4. The second-order valence-electron chi connectivity index (χ2n) is 4.25. The normalized spacial score (nSPS) is 17.6. The molecule has 6 heteroatoms. The first-order chi connectivity index (χ1) is 9.40. The van der Waals surface area contributed by atoms with Crippen LogP contribution < -0.4 is 9.47 Å². The maximum Gasteiger partial charge on any atom is 0.190 e. The summed E-state index contributed by atoms with van der Waals surface area (Å²) < 4.78 is 11.5. The molecule has 1 atom stereocenters. The highest BCUT2D eigenvalue weighted by atomic mass is 16.6. The van der Waals surface area contributed by atoms with Crippen molar-refractivity contribution in [3.8, 4) is 11.5 Å². The SMILES string of the molecule is c1ccc2c(c1)OCC(c1nc3ncncc3[nH]1)O2. The van der Waals surface area contributed by atoms with E-state index in [0.29, 0.717) is 18.1 Å². The van der Waals surface area contributed by atoms with Crippen LogP contribution in [0.15, 0.2) is 36.8 Å². The molecule has 4 rings (SSSR count). The summed E-state index contributed by atoms with van der Waals surface area (Å²) in [5.74, 6) is 2.19. The number of ether oxygens (including phenoxy) is 2. The molecule has 0 spiro atoms. The molecule has 3 heterocycles. The van der Waals surface area contributed by atoms with Crippen LogP contribution in [0, 0.1) is 0 Å². The third-order valence-corrected chi connectivity index (χ3v) is 2.99. The Kier molecular flexibility index (Phi) is 2.14. The number of hydrogen-bond acceptors (Lipinski definition) is 5. The number of fused-ring (bicyclic) bond motifs is 2. The summed E-state index contributed by atoms with van der Waals surface area (Å²) in [6, 6.07) is 7.59. The number of aromatic amines is 1. The third-order valence-electron chi connectivity index (χ3n) is 2.99. The lowest BCUT2D eigenvalue weighted by Crippen LogP contribution is -2.22. The van der Waals surface area contributed by atoms with Crippen molar-refractivity contribution in [1.82, 2.24) is 19.9 Å². The first-order valence-electron chi connectivity index (χ1n) is 5.94. The molecule has 1 unspecified atom stereocenters. The van der Waals surface area contributed by atoms with Crippen molar-refractivity contribution < 1.29 is 9.47 Å². The van der Waals surface area contributed by atoms with Crippen LogP contribution in [0.5, 0.6) is 11.5 Å². The maximum atomic E-state index is 5.88. The predicted molar refractivity (Wildman–Crippen MR) is 67.0 cm³/mol. The topological polar surface area (TPSA) is 72.9 Å². The van der Waals surface area contributed by atoms with Gasteiger partial charge in [0.05, 0.1) is 6.20 Å². The molecule has 0 amide bonds. The van der Waals surface area contributed by atoms with E-state index in [1.54, 1.807) is 6.20 Å². The summed E-state index contributed by atoms with van der Waals surface area (Å²) in [5.41, 5.74) is 1.42. The summed E-state index contributed by atoms with van der Waals surface area (Å²) in [5, 5.41) is 0. The van der Waals surface area contributed by atoms with Crippen LogP contribution >= 0.6 is 0 Å². The minimum absolute atomic E-state index is 0.260. The summed E-state index contributed by atoms with van der Waals surface area (Å²) in [7, 11) is 0. The fourth-order valence-electron chi connectivity index (χ4n) is 2.09. The Balaban J connectivity index is 1.70. The van der Waals surface area contributed by atoms with E-state index >= 15 is 0 Å². The molecule has 0 saturated heterocycles. The number of nitrogens with one attached hydrogen (secondary N) is 1. The standard InChI is InChI=1S/C13H10N4O2/c1-2-4-10-9(3-1)18-6-11(19-10)13-16-8-5-14-7-15-12(8)17-13/h1-5,7,11H,6H2,(H,14,15,16,17). The zero-order chi connectivity index (χ0) is 12.7. The largest absolute Gasteiger partial charge is 0.485 e. The van der Waals surface area contributed by atoms with Gasteiger partial charge in [-0.3, -0.25) is 0 Å². The molecule has 2 aromatic heterocycles. The van der Waals surface area contributed by atoms with Crippen LogP contribution in [0.2, 0.25) is 0 Å². The molecule has 3 aromatic rings. The van der Waals surface area contributed by atoms with Gasteiger partial charge < -0.3 is 14.5 Å². The minimum Gasteiger partial charge on any atom is -0.485 e. The van der Waals surface area contributed by atoms with Gasteiger partial charge in [-0.2, -0.15) is 0 Å². The minimum atomic E-state index is -0.260. The van der Waals surface area contributed by atoms with Gasteiger partial charge in [0.15, 0.2) is 29.1 Å². The Morgan fingerprint density at radius 2 is 2.11 bits per heavy atom. The number of rotatable bonds is 1. The summed E-state index contributed by atoms with van der Waals surface area (Å²) in [6.07, 6.45) is 2.90. The highest BCUT2D eigenvalue weighted by Gasteiger charge is 2.25. The van der Waals surface area contributed by atoms with Gasteiger partial charge in [0.25, 0.3) is 0 Å². The Bertz CT molecular complexity index is 707. The van der Waals surface area contributed by atoms with E-state index in [0.717, 1.165) is 17.0 Å². The third kappa shape index (κ3) is 1.69. The molecule has 94 valence electrons. The van der Waals surface area contributed by atoms with E-state index in [4.69, 9.17) is 9.47 Å². The molecule has 0 bridgehead atoms. The van der Waals surface area contributed by atoms with Crippen molar-refractivity contribution in [2.45, 2.75) is 6.10 Å². The lowest BCUT2D eigenvalue weighted by atomic mass is 10.2. The van der Waals surface area contributed by atoms with Crippen LogP contribution in [-0.2, 0) is 0 Å². The van der Waals surface area contributed by atoms with E-state index in [1.807, 2.05) is 24.3 Å². The molecule has 6 nitrogen and oxygen atoms in total. The number of hydrogen-bond donors (Lipinski definition) is 1. The molecule has 0 fully saturated rings. The monoisotopic (exact) mass is 254 g/mol. The first kappa shape index (κ1) is 10.3. The maximum absolute atomic E-state index is 5.88. The molecular formula is C13H10N4O2. The zero-order valence-corrected chi connectivity index (χ0v) is 9.91. The van der Waals surface area contributed by atoms with Gasteiger partial charge in [0.1, 0.15) is 18.5 Å². The Labute approximate surface area is 108 Å². The first-order valence-corrected chi connectivity index (χ1v) is 5.94. The summed E-state index contributed by atoms with van der Waals surface area (Å²) in [6.45, 7) is 0.421. The number of benzene rings is 1. The molecule has 0 radical (unpaired) electrons. The summed E-state index contributed by atoms with van der Waals surface area (Å²) >= 11 is 0. The van der Waals surface area contributed by atoms with E-state index in [9.17, 15) is 0 Å². The van der Waals surface area contributed by atoms with Crippen molar-refractivity contribution >= 4 is 11.2 Å². The Morgan fingerprint density at radius 3 is 3.00 bits per heavy atom. The van der Waals surface area contributed by atoms with Crippen LogP contribution in [0.3, 0.4) is 0 Å². The average molecular weight is 254 g/mol. The molecule has 19 heavy (non-hydrogen) atoms. The average Bonchev–Trinajstić information content (AvgIpc) is 2.90. The molecular weight excluding hydrogens is 244 g/mol. The number of nitrogens with zero attached hydrogens (tertiary/aromatic N) is 3. The molecule has 0 aliphatic carbocycles. The van der Waals surface area contributed by atoms with Gasteiger partial charge in [0.2, 0.25) is 0 Å². The second-order valence-corrected chi connectivity index (χ2v) is 4.25. The lowest BCUT2D eigenvalue weighted by molar-refractivity contribution is 0.0859. The van der Waals surface area contributed by atoms with Crippen molar-refractivity contribution in [1.29, 1.82) is 0 Å². The van der Waals surface area contributed by atoms with E-state index in [2.05, 4.69) is 19.9 Å². The zero-order valence-electron chi connectivity index (χ0n) is 9.91. The quantitative estimate of drug-likeness (QED) is 0.717. The van der Waals surface area contributed by atoms with E-state index < -0.39 is 0 Å². The highest BCUT2D eigenvalue weighted by molar-refractivity contribution is 5.68.